The summed E-state index contributed by atoms with van der Waals surface area (Å²) in [5.41, 5.74) is 1.72. The van der Waals surface area contributed by atoms with Crippen molar-refractivity contribution in [1.29, 1.82) is 0 Å². The highest BCUT2D eigenvalue weighted by Crippen LogP contribution is 2.30. The summed E-state index contributed by atoms with van der Waals surface area (Å²) in [5, 5.41) is 0.330. The lowest BCUT2D eigenvalue weighted by atomic mass is 10.1. The van der Waals surface area contributed by atoms with Crippen molar-refractivity contribution < 1.29 is 21.8 Å². The van der Waals surface area contributed by atoms with Gasteiger partial charge in [-0.05, 0) is 44.2 Å². The van der Waals surface area contributed by atoms with Gasteiger partial charge in [0.25, 0.3) is 5.91 Å². The fraction of sp³-hybridized carbons (Fsp3) is 0.292. The number of furan rings is 1. The second kappa shape index (κ2) is 10.8. The Morgan fingerprint density at radius 3 is 2.36 bits per heavy atom. The molecule has 7 nitrogen and oxygen atoms in total. The lowest BCUT2D eigenvalue weighted by molar-refractivity contribution is 0.0717. The number of amides is 1. The van der Waals surface area contributed by atoms with Gasteiger partial charge in [0.2, 0.25) is 0 Å². The van der Waals surface area contributed by atoms with Gasteiger partial charge in [0.05, 0.1) is 36.2 Å². The van der Waals surface area contributed by atoms with Gasteiger partial charge in [0, 0.05) is 30.4 Å². The van der Waals surface area contributed by atoms with E-state index in [0.29, 0.717) is 21.9 Å². The molecule has 1 aromatic heterocycles. The fourth-order valence-electron chi connectivity index (χ4n) is 3.50. The first-order chi connectivity index (χ1) is 15.7. The van der Waals surface area contributed by atoms with Gasteiger partial charge in [-0.15, -0.1) is 0 Å². The lowest BCUT2D eigenvalue weighted by Crippen LogP contribution is -2.30. The van der Waals surface area contributed by atoms with Crippen molar-refractivity contribution in [3.63, 3.8) is 0 Å². The normalized spacial score (nSPS) is 11.3. The Bertz CT molecular complexity index is 1190. The molecule has 0 radical (unpaired) electrons. The molecule has 0 fully saturated rings. The third kappa shape index (κ3) is 6.52. The average molecular weight is 491 g/mol. The van der Waals surface area contributed by atoms with Crippen molar-refractivity contribution in [1.82, 2.24) is 4.90 Å². The molecular formula is C24H27ClN2O5S. The molecule has 0 atom stereocenters. The maximum Gasteiger partial charge on any atom is 0.306 e. The van der Waals surface area contributed by atoms with Gasteiger partial charge in [-0.3, -0.25) is 4.79 Å². The van der Waals surface area contributed by atoms with Gasteiger partial charge >= 0.3 is 10.1 Å². The van der Waals surface area contributed by atoms with E-state index < -0.39 is 10.1 Å². The minimum Gasteiger partial charge on any atom is -0.467 e. The zero-order valence-electron chi connectivity index (χ0n) is 18.8. The number of anilines is 1. The molecule has 3 rings (SSSR count). The topological polar surface area (TPSA) is 80.1 Å². The van der Waals surface area contributed by atoms with Gasteiger partial charge in [0.15, 0.2) is 0 Å². The minimum atomic E-state index is -3.78. The Kier molecular flexibility index (Phi) is 8.05. The summed E-state index contributed by atoms with van der Waals surface area (Å²) in [5.74, 6) is 0.453. The van der Waals surface area contributed by atoms with Crippen LogP contribution in [0.15, 0.2) is 65.3 Å². The van der Waals surface area contributed by atoms with Gasteiger partial charge in [-0.2, -0.15) is 8.42 Å². The van der Waals surface area contributed by atoms with E-state index in [-0.39, 0.29) is 24.7 Å². The molecule has 0 aliphatic heterocycles. The molecular weight excluding hydrogens is 464 g/mol. The van der Waals surface area contributed by atoms with Crippen LogP contribution < -0.4 is 9.08 Å². The Morgan fingerprint density at radius 1 is 1.03 bits per heavy atom. The van der Waals surface area contributed by atoms with Crippen LogP contribution in [-0.4, -0.2) is 38.6 Å². The molecule has 0 aliphatic rings. The van der Waals surface area contributed by atoms with Crippen LogP contribution >= 0.6 is 11.6 Å². The molecule has 0 saturated carbocycles. The van der Waals surface area contributed by atoms with E-state index in [9.17, 15) is 13.2 Å². The average Bonchev–Trinajstić information content (AvgIpc) is 3.27. The van der Waals surface area contributed by atoms with Crippen LogP contribution in [0.5, 0.6) is 5.75 Å². The predicted molar refractivity (Wildman–Crippen MR) is 129 cm³/mol. The van der Waals surface area contributed by atoms with Crippen LogP contribution in [0.25, 0.3) is 0 Å². The van der Waals surface area contributed by atoms with E-state index >= 15 is 0 Å². The molecule has 0 aliphatic carbocycles. The first kappa shape index (κ1) is 24.7. The van der Waals surface area contributed by atoms with Crippen LogP contribution in [0.1, 0.15) is 35.5 Å². The molecule has 176 valence electrons. The van der Waals surface area contributed by atoms with Crippen LogP contribution in [-0.2, 0) is 23.2 Å². The smallest absolute Gasteiger partial charge is 0.306 e. The molecule has 9 heteroatoms. The number of halogens is 1. The summed E-state index contributed by atoms with van der Waals surface area (Å²) in [6, 6.07) is 15.7. The molecule has 1 amide bonds. The zero-order chi connectivity index (χ0) is 24.0. The highest BCUT2D eigenvalue weighted by atomic mass is 35.5. The predicted octanol–water partition coefficient (Wildman–Crippen LogP) is 4.96. The Morgan fingerprint density at radius 2 is 1.76 bits per heavy atom. The number of hydrogen-bond acceptors (Lipinski definition) is 6. The summed E-state index contributed by atoms with van der Waals surface area (Å²) in [6.07, 6.45) is 2.53. The van der Waals surface area contributed by atoms with Crippen molar-refractivity contribution in [2.24, 2.45) is 0 Å². The van der Waals surface area contributed by atoms with Crippen LogP contribution in [0.3, 0.4) is 0 Å². The number of nitrogens with zero attached hydrogens (tertiary/aromatic N) is 2. The van der Waals surface area contributed by atoms with Gasteiger partial charge < -0.3 is 18.4 Å². The minimum absolute atomic E-state index is 0.0914. The van der Waals surface area contributed by atoms with Crippen LogP contribution in [0, 0.1) is 0 Å². The number of rotatable bonds is 10. The standard InChI is InChI=1S/C24H27ClN2O5S/c1-4-26(5-2)19-13-12-18(23(15-19)32-33(3,29)30)16-27(17-20-9-8-14-31-20)24(28)21-10-6-7-11-22(21)25/h6-15H,4-5,16-17H2,1-3H3. The van der Waals surface area contributed by atoms with E-state index in [1.54, 1.807) is 53.4 Å². The summed E-state index contributed by atoms with van der Waals surface area (Å²) in [6.45, 7) is 5.80. The summed E-state index contributed by atoms with van der Waals surface area (Å²) >= 11 is 6.27. The number of carbonyl (C=O) groups is 1. The van der Waals surface area contributed by atoms with Crippen LogP contribution in [0.2, 0.25) is 5.02 Å². The molecule has 3 aromatic rings. The molecule has 33 heavy (non-hydrogen) atoms. The van der Waals surface area contributed by atoms with E-state index in [1.807, 2.05) is 19.9 Å². The molecule has 2 aromatic carbocycles. The van der Waals surface area contributed by atoms with Crippen LogP contribution in [0.4, 0.5) is 5.69 Å². The van der Waals surface area contributed by atoms with Crippen molar-refractivity contribution in [3.8, 4) is 5.75 Å². The Hall–Kier alpha value is -2.97. The Balaban J connectivity index is 2.01. The second-order valence-corrected chi connectivity index (χ2v) is 9.45. The molecule has 1 heterocycles. The fourth-order valence-corrected chi connectivity index (χ4v) is 4.20. The quantitative estimate of drug-likeness (QED) is 0.374. The lowest BCUT2D eigenvalue weighted by Gasteiger charge is -2.25. The maximum absolute atomic E-state index is 13.4. The molecule has 0 bridgehead atoms. The SMILES string of the molecule is CCN(CC)c1ccc(CN(Cc2ccco2)C(=O)c2ccccc2Cl)c(OS(C)(=O)=O)c1. The summed E-state index contributed by atoms with van der Waals surface area (Å²) < 4.78 is 34.7. The first-order valence-electron chi connectivity index (χ1n) is 10.5. The van der Waals surface area contributed by atoms with Crippen molar-refractivity contribution >= 4 is 33.3 Å². The number of carbonyl (C=O) groups excluding carboxylic acids is 1. The number of benzene rings is 2. The van der Waals surface area contributed by atoms with E-state index in [4.69, 9.17) is 20.2 Å². The molecule has 0 spiro atoms. The monoisotopic (exact) mass is 490 g/mol. The third-order valence-corrected chi connectivity index (χ3v) is 5.91. The zero-order valence-corrected chi connectivity index (χ0v) is 20.4. The molecule has 0 N–H and O–H groups in total. The van der Waals surface area contributed by atoms with E-state index in [1.165, 1.54) is 6.26 Å². The van der Waals surface area contributed by atoms with Gasteiger partial charge in [0.1, 0.15) is 11.5 Å². The van der Waals surface area contributed by atoms with E-state index in [2.05, 4.69) is 4.90 Å². The second-order valence-electron chi connectivity index (χ2n) is 7.47. The molecule has 0 saturated heterocycles. The van der Waals surface area contributed by atoms with Crippen molar-refractivity contribution in [3.05, 3.63) is 82.8 Å². The highest BCUT2D eigenvalue weighted by Gasteiger charge is 2.23. The van der Waals surface area contributed by atoms with Gasteiger partial charge in [-0.1, -0.05) is 29.8 Å². The summed E-state index contributed by atoms with van der Waals surface area (Å²) in [4.78, 5) is 17.0. The third-order valence-electron chi connectivity index (χ3n) is 5.10. The maximum atomic E-state index is 13.4. The Labute approximate surface area is 199 Å². The van der Waals surface area contributed by atoms with Gasteiger partial charge in [-0.25, -0.2) is 0 Å². The van der Waals surface area contributed by atoms with E-state index in [0.717, 1.165) is 25.0 Å². The first-order valence-corrected chi connectivity index (χ1v) is 12.7. The molecule has 0 unspecified atom stereocenters. The summed E-state index contributed by atoms with van der Waals surface area (Å²) in [7, 11) is -3.78. The highest BCUT2D eigenvalue weighted by molar-refractivity contribution is 7.86. The van der Waals surface area contributed by atoms with Crippen molar-refractivity contribution in [2.45, 2.75) is 26.9 Å². The number of hydrogen-bond donors (Lipinski definition) is 0. The van der Waals surface area contributed by atoms with Crippen molar-refractivity contribution in [2.75, 3.05) is 24.2 Å². The largest absolute Gasteiger partial charge is 0.467 e.